The van der Waals surface area contributed by atoms with Crippen molar-refractivity contribution < 1.29 is 36.5 Å². The largest absolute Gasteiger partial charge is 0.493 e. The summed E-state index contributed by atoms with van der Waals surface area (Å²) in [7, 11) is 2.90. The number of nitrogens with zero attached hydrogens (tertiary/aromatic N) is 1. The maximum atomic E-state index is 14.4. The highest BCUT2D eigenvalue weighted by Crippen LogP contribution is 2.63. The van der Waals surface area contributed by atoms with Gasteiger partial charge in [0.05, 0.1) is 19.2 Å². The van der Waals surface area contributed by atoms with E-state index in [0.29, 0.717) is 34.3 Å². The van der Waals surface area contributed by atoms with E-state index in [2.05, 4.69) is 0 Å². The number of halogens is 6. The maximum absolute atomic E-state index is 14.4. The van der Waals surface area contributed by atoms with Gasteiger partial charge < -0.3 is 19.5 Å². The molecule has 0 bridgehead atoms. The molecule has 32 heavy (non-hydrogen) atoms. The monoisotopic (exact) mass is 479 g/mol. The summed E-state index contributed by atoms with van der Waals surface area (Å²) in [4.78, 5) is 1.77. The zero-order valence-electron chi connectivity index (χ0n) is 17.7. The SMILES string of the molecule is CCCCN(Cc1cc(Cl)c(OC)c(OC)c1)c1ccc2c(c1)C(F)(F)C2(O)C(F)(F)F. The highest BCUT2D eigenvalue weighted by Gasteiger charge is 2.78. The summed E-state index contributed by atoms with van der Waals surface area (Å²) in [5, 5.41) is 10.0. The minimum atomic E-state index is -5.50. The van der Waals surface area contributed by atoms with Crippen LogP contribution >= 0.6 is 11.6 Å². The summed E-state index contributed by atoms with van der Waals surface area (Å²) in [6.45, 7) is 2.67. The number of alkyl halides is 5. The molecule has 10 heteroatoms. The molecule has 0 aliphatic heterocycles. The number of hydrogen-bond donors (Lipinski definition) is 1. The Morgan fingerprint density at radius 2 is 1.75 bits per heavy atom. The first-order chi connectivity index (χ1) is 14.9. The van der Waals surface area contributed by atoms with Gasteiger partial charge in [-0.25, -0.2) is 0 Å². The van der Waals surface area contributed by atoms with Crippen molar-refractivity contribution in [1.29, 1.82) is 0 Å². The fourth-order valence-electron chi connectivity index (χ4n) is 3.87. The van der Waals surface area contributed by atoms with E-state index < -0.39 is 28.8 Å². The first-order valence-corrected chi connectivity index (χ1v) is 10.3. The topological polar surface area (TPSA) is 41.9 Å². The molecule has 0 spiro atoms. The van der Waals surface area contributed by atoms with Crippen molar-refractivity contribution in [2.45, 2.75) is 44.0 Å². The number of anilines is 1. The summed E-state index contributed by atoms with van der Waals surface area (Å²) in [5.41, 5.74) is -4.83. The number of methoxy groups -OCH3 is 2. The molecule has 0 amide bonds. The smallest absolute Gasteiger partial charge is 0.427 e. The molecule has 1 unspecified atom stereocenters. The molecular weight excluding hydrogens is 457 g/mol. The van der Waals surface area contributed by atoms with Crippen molar-refractivity contribution in [3.63, 3.8) is 0 Å². The van der Waals surface area contributed by atoms with Crippen LogP contribution in [0.15, 0.2) is 30.3 Å². The van der Waals surface area contributed by atoms with Gasteiger partial charge in [0, 0.05) is 29.9 Å². The fraction of sp³-hybridized carbons (Fsp3) is 0.455. The number of benzene rings is 2. The average molecular weight is 480 g/mol. The van der Waals surface area contributed by atoms with Crippen molar-refractivity contribution >= 4 is 17.3 Å². The molecule has 1 aliphatic carbocycles. The van der Waals surface area contributed by atoms with Gasteiger partial charge in [-0.3, -0.25) is 0 Å². The van der Waals surface area contributed by atoms with Gasteiger partial charge >= 0.3 is 12.1 Å². The summed E-state index contributed by atoms with van der Waals surface area (Å²) in [6, 6.07) is 6.58. The molecule has 0 aromatic heterocycles. The molecule has 1 aliphatic rings. The number of hydrogen-bond acceptors (Lipinski definition) is 4. The molecule has 0 saturated carbocycles. The van der Waals surface area contributed by atoms with Crippen molar-refractivity contribution in [3.05, 3.63) is 52.0 Å². The molecule has 1 atom stereocenters. The molecule has 0 saturated heterocycles. The average Bonchev–Trinajstić information content (AvgIpc) is 2.74. The molecule has 3 rings (SSSR count). The number of fused-ring (bicyclic) bond motifs is 1. The standard InChI is InChI=1S/C22H23ClF5NO3/c1-4-5-8-29(12-13-9-17(23)19(32-3)18(10-13)31-2)14-6-7-15-16(11-14)21(24,25)20(15,30)22(26,27)28/h6-7,9-11,30H,4-5,8,12H2,1-3H3. The van der Waals surface area contributed by atoms with Gasteiger partial charge in [-0.2, -0.15) is 22.0 Å². The molecule has 2 aromatic rings. The lowest BCUT2D eigenvalue weighted by Gasteiger charge is -2.47. The van der Waals surface area contributed by atoms with Crippen LogP contribution in [0.3, 0.4) is 0 Å². The van der Waals surface area contributed by atoms with E-state index in [0.717, 1.165) is 25.0 Å². The van der Waals surface area contributed by atoms with Crippen LogP contribution in [0.4, 0.5) is 27.6 Å². The summed E-state index contributed by atoms with van der Waals surface area (Å²) < 4.78 is 78.8. The summed E-state index contributed by atoms with van der Waals surface area (Å²) >= 11 is 6.26. The number of unbranched alkanes of at least 4 members (excludes halogenated alkanes) is 1. The molecule has 0 heterocycles. The van der Waals surface area contributed by atoms with Gasteiger partial charge in [0.15, 0.2) is 11.5 Å². The minimum Gasteiger partial charge on any atom is -0.493 e. The van der Waals surface area contributed by atoms with Gasteiger partial charge in [-0.1, -0.05) is 31.0 Å². The second-order valence-electron chi connectivity index (χ2n) is 7.60. The van der Waals surface area contributed by atoms with E-state index in [1.165, 1.54) is 20.3 Å². The second-order valence-corrected chi connectivity index (χ2v) is 8.01. The molecule has 0 fully saturated rings. The fourth-order valence-corrected chi connectivity index (χ4v) is 4.18. The van der Waals surface area contributed by atoms with Crippen molar-refractivity contribution in [2.75, 3.05) is 25.7 Å². The van der Waals surface area contributed by atoms with Crippen molar-refractivity contribution in [1.82, 2.24) is 0 Å². The lowest BCUT2D eigenvalue weighted by Crippen LogP contribution is -2.62. The summed E-state index contributed by atoms with van der Waals surface area (Å²) in [6.07, 6.45) is -3.96. The lowest BCUT2D eigenvalue weighted by atomic mass is 9.69. The third-order valence-corrected chi connectivity index (χ3v) is 5.89. The number of rotatable bonds is 8. The highest BCUT2D eigenvalue weighted by atomic mass is 35.5. The van der Waals surface area contributed by atoms with Crippen LogP contribution in [0.1, 0.15) is 36.5 Å². The molecule has 2 aromatic carbocycles. The highest BCUT2D eigenvalue weighted by molar-refractivity contribution is 6.32. The van der Waals surface area contributed by atoms with Gasteiger partial charge in [-0.05, 0) is 36.2 Å². The Kier molecular flexibility index (Phi) is 6.55. The van der Waals surface area contributed by atoms with Crippen LogP contribution in [0, 0.1) is 0 Å². The lowest BCUT2D eigenvalue weighted by molar-refractivity contribution is -0.364. The van der Waals surface area contributed by atoms with Crippen LogP contribution in [-0.4, -0.2) is 32.0 Å². The Balaban J connectivity index is 1.99. The summed E-state index contributed by atoms with van der Waals surface area (Å²) in [5.74, 6) is -3.70. The van der Waals surface area contributed by atoms with Crippen LogP contribution in [0.25, 0.3) is 0 Å². The van der Waals surface area contributed by atoms with E-state index in [9.17, 15) is 27.1 Å². The Bertz CT molecular complexity index is 998. The van der Waals surface area contributed by atoms with E-state index >= 15 is 0 Å². The Hall–Kier alpha value is -2.26. The number of ether oxygens (including phenoxy) is 2. The van der Waals surface area contributed by atoms with Gasteiger partial charge in [-0.15, -0.1) is 0 Å². The first kappa shape index (κ1) is 24.4. The molecule has 1 N–H and O–H groups in total. The predicted molar refractivity (Wildman–Crippen MR) is 111 cm³/mol. The second kappa shape index (κ2) is 8.59. The zero-order valence-corrected chi connectivity index (χ0v) is 18.4. The van der Waals surface area contributed by atoms with Crippen molar-refractivity contribution in [3.8, 4) is 11.5 Å². The van der Waals surface area contributed by atoms with Crippen molar-refractivity contribution in [2.24, 2.45) is 0 Å². The van der Waals surface area contributed by atoms with E-state index in [1.54, 1.807) is 17.0 Å². The maximum Gasteiger partial charge on any atom is 0.427 e. The normalized spacial score (nSPS) is 19.2. The van der Waals surface area contributed by atoms with Crippen LogP contribution < -0.4 is 14.4 Å². The Morgan fingerprint density at radius 1 is 1.06 bits per heavy atom. The number of aliphatic hydroxyl groups is 1. The van der Waals surface area contributed by atoms with Crippen LogP contribution in [0.5, 0.6) is 11.5 Å². The zero-order chi connectivity index (χ0) is 23.9. The molecular formula is C22H23ClF5NO3. The Morgan fingerprint density at radius 3 is 2.31 bits per heavy atom. The quantitative estimate of drug-likeness (QED) is 0.470. The van der Waals surface area contributed by atoms with E-state index in [-0.39, 0.29) is 6.54 Å². The van der Waals surface area contributed by atoms with Gasteiger partial charge in [0.1, 0.15) is 0 Å². The van der Waals surface area contributed by atoms with E-state index in [4.69, 9.17) is 21.1 Å². The molecule has 0 radical (unpaired) electrons. The van der Waals surface area contributed by atoms with Crippen LogP contribution in [-0.2, 0) is 18.1 Å². The predicted octanol–water partition coefficient (Wildman–Crippen LogP) is 6.02. The van der Waals surface area contributed by atoms with Gasteiger partial charge in [0.25, 0.3) is 5.60 Å². The van der Waals surface area contributed by atoms with Crippen LogP contribution in [0.2, 0.25) is 5.02 Å². The first-order valence-electron chi connectivity index (χ1n) is 9.89. The Labute approximate surface area is 187 Å². The van der Waals surface area contributed by atoms with E-state index in [1.807, 2.05) is 6.92 Å². The third kappa shape index (κ3) is 3.75. The van der Waals surface area contributed by atoms with Gasteiger partial charge in [0.2, 0.25) is 0 Å². The minimum absolute atomic E-state index is 0.244. The molecule has 176 valence electrons. The molecule has 4 nitrogen and oxygen atoms in total. The third-order valence-electron chi connectivity index (χ3n) is 5.61.